The minimum Gasteiger partial charge on any atom is -0.480 e. The van der Waals surface area contributed by atoms with Crippen LogP contribution >= 0.6 is 0 Å². The minimum absolute atomic E-state index is 0.00189. The summed E-state index contributed by atoms with van der Waals surface area (Å²) in [6.45, 7) is 6.43. The van der Waals surface area contributed by atoms with Crippen LogP contribution in [0.15, 0.2) is 91.1 Å². The first-order valence-corrected chi connectivity index (χ1v) is 29.4. The lowest BCUT2D eigenvalue weighted by atomic mass is 10.0. The molecule has 2 aliphatic heterocycles. The average Bonchev–Trinajstić information content (AvgIpc) is 1.92. The van der Waals surface area contributed by atoms with Crippen LogP contribution < -0.4 is 59.1 Å². The van der Waals surface area contributed by atoms with Gasteiger partial charge in [-0.3, -0.25) is 54.0 Å². The van der Waals surface area contributed by atoms with E-state index >= 15 is 0 Å². The lowest BCUT2D eigenvalue weighted by molar-refractivity contribution is -0.148. The van der Waals surface area contributed by atoms with Gasteiger partial charge in [0.15, 0.2) is 5.96 Å². The number of urea groups is 1. The molecular weight excluding hydrogens is 1150 g/mol. The number of benzene rings is 3. The van der Waals surface area contributed by atoms with Crippen LogP contribution in [0.1, 0.15) is 95.4 Å². The molecular formula is C60H81N15O14. The number of primary amides is 1. The monoisotopic (exact) mass is 1240 g/mol. The normalized spacial score (nSPS) is 18.6. The fourth-order valence-corrected chi connectivity index (χ4v) is 10.9. The number of likely N-dealkylation sites (tertiary alicyclic amines) is 2. The number of nitrogens with two attached hydrogens (primary N) is 1. The molecule has 0 saturated carbocycles. The Kier molecular flexibility index (Phi) is 24.9. The molecule has 3 heterocycles. The molecule has 0 spiro atoms. The molecule has 4 aromatic rings. The number of carboxylic acid groups (broad SMARTS) is 1. The molecule has 29 nitrogen and oxygen atoms in total. The molecule has 0 bridgehead atoms. The summed E-state index contributed by atoms with van der Waals surface area (Å²) in [5.74, 6) is -9.72. The van der Waals surface area contributed by atoms with Crippen molar-refractivity contribution in [2.75, 3.05) is 20.1 Å². The summed E-state index contributed by atoms with van der Waals surface area (Å²) in [5, 5.41) is 61.6. The van der Waals surface area contributed by atoms with Crippen molar-refractivity contribution in [3.05, 3.63) is 108 Å². The zero-order valence-corrected chi connectivity index (χ0v) is 50.2. The first-order chi connectivity index (χ1) is 42.4. The minimum atomic E-state index is -1.89. The number of carbonyl (C=O) groups excluding carboxylic acids is 10. The summed E-state index contributed by atoms with van der Waals surface area (Å²) in [6, 6.07) is 9.89. The number of guanidine groups is 1. The molecule has 29 heteroatoms. The van der Waals surface area contributed by atoms with Gasteiger partial charge in [-0.05, 0) is 67.7 Å². The number of carbonyl (C=O) groups is 11. The highest BCUT2D eigenvalue weighted by molar-refractivity contribution is 5.99. The molecule has 2 saturated heterocycles. The number of carboxylic acids is 1. The molecule has 1 unspecified atom stereocenters. The number of nitrogens with one attached hydrogen (secondary N) is 12. The van der Waals surface area contributed by atoms with E-state index in [1.54, 1.807) is 92.8 Å². The highest BCUT2D eigenvalue weighted by atomic mass is 16.4. The van der Waals surface area contributed by atoms with E-state index < -0.39 is 132 Å². The number of amides is 11. The zero-order chi connectivity index (χ0) is 65.1. The summed E-state index contributed by atoms with van der Waals surface area (Å²) in [7, 11) is 1.53. The van der Waals surface area contributed by atoms with Crippen molar-refractivity contribution in [1.82, 2.24) is 68.2 Å². The SMILES string of the molecule is CNC(=N)NCCC[C@H](NC(=O)[C@H](CC(C)C)NC(=O)NNC(=O)[C@H](Cc1ccccc1)NC(=O)[C@@H](NC(=O)[C@H](CC(N)=O)NC(=O)[C@@H]1C[C@@H](O)C(c2ccccc2)N1C(=O)[C@@H]1CCCN1C(C)=O)[C@@H](C)O)C(=O)N[C@@H](Cc1c[nH]c2ccccc12)C(=O)O. The van der Waals surface area contributed by atoms with E-state index in [1.165, 1.54) is 23.8 Å². The Bertz CT molecular complexity index is 3180. The van der Waals surface area contributed by atoms with E-state index in [9.17, 15) is 68.1 Å². The van der Waals surface area contributed by atoms with Crippen molar-refractivity contribution < 1.29 is 68.1 Å². The molecule has 2 fully saturated rings. The Morgan fingerprint density at radius 3 is 1.99 bits per heavy atom. The fourth-order valence-electron chi connectivity index (χ4n) is 10.9. The molecule has 2 aliphatic rings. The lowest BCUT2D eigenvalue weighted by Gasteiger charge is -2.35. The largest absolute Gasteiger partial charge is 0.480 e. The smallest absolute Gasteiger partial charge is 0.334 e. The Labute approximate surface area is 513 Å². The molecule has 0 radical (unpaired) electrons. The zero-order valence-electron chi connectivity index (χ0n) is 50.2. The number of aliphatic carboxylic acids is 1. The van der Waals surface area contributed by atoms with E-state index in [4.69, 9.17) is 11.1 Å². The number of aliphatic hydroxyl groups is 2. The number of aliphatic hydroxyl groups excluding tert-OH is 2. The number of H-pyrrole nitrogens is 1. The quantitative estimate of drug-likeness (QED) is 0.0136. The van der Waals surface area contributed by atoms with Gasteiger partial charge in [0.25, 0.3) is 5.91 Å². The highest BCUT2D eigenvalue weighted by Gasteiger charge is 2.51. The van der Waals surface area contributed by atoms with Gasteiger partial charge in [-0.25, -0.2) is 15.0 Å². The van der Waals surface area contributed by atoms with Gasteiger partial charge >= 0.3 is 12.0 Å². The van der Waals surface area contributed by atoms with Crippen LogP contribution in [0.3, 0.4) is 0 Å². The number of aromatic nitrogens is 1. The van der Waals surface area contributed by atoms with Crippen LogP contribution in [-0.4, -0.2) is 182 Å². The second-order valence-electron chi connectivity index (χ2n) is 22.5. The molecule has 6 rings (SSSR count). The summed E-state index contributed by atoms with van der Waals surface area (Å²) in [4.78, 5) is 156. The van der Waals surface area contributed by atoms with Crippen LogP contribution in [0.25, 0.3) is 10.9 Å². The highest BCUT2D eigenvalue weighted by Crippen LogP contribution is 2.39. The molecule has 0 aliphatic carbocycles. The molecule has 1 aromatic heterocycles. The first kappa shape index (κ1) is 68.5. The van der Waals surface area contributed by atoms with Gasteiger partial charge in [0.1, 0.15) is 48.3 Å². The predicted molar refractivity (Wildman–Crippen MR) is 323 cm³/mol. The molecule has 11 amide bonds. The van der Waals surface area contributed by atoms with Crippen LogP contribution in [-0.2, 0) is 60.8 Å². The lowest BCUT2D eigenvalue weighted by Crippen LogP contribution is -2.62. The number of hydrazine groups is 1. The van der Waals surface area contributed by atoms with Gasteiger partial charge in [-0.2, -0.15) is 0 Å². The van der Waals surface area contributed by atoms with Gasteiger partial charge in [-0.15, -0.1) is 0 Å². The van der Waals surface area contributed by atoms with E-state index in [0.29, 0.717) is 23.1 Å². The third-order valence-electron chi connectivity index (χ3n) is 15.3. The average molecular weight is 1240 g/mol. The number of nitrogens with zero attached hydrogens (tertiary/aromatic N) is 2. The second-order valence-corrected chi connectivity index (χ2v) is 22.5. The predicted octanol–water partition coefficient (Wildman–Crippen LogP) is -1.30. The Hall–Kier alpha value is -9.64. The van der Waals surface area contributed by atoms with Crippen molar-refractivity contribution >= 4 is 82.0 Å². The standard InChI is InChI=1S/C60H81N15O14/c1-32(2)26-41(52(81)66-40(22-14-24-64-59(62)63-5)51(80)69-44(58(87)88)28-37-31-65-39-21-13-12-20-38(37)39)70-60(89)73-72-54(83)42(27-35-16-8-6-9-17-35)68-56(85)49(33(3)76)71-53(82)43(29-48(61)79)67-55(84)46-30-47(78)50(36-18-10-7-11-19-36)75(46)57(86)45-23-15-25-74(45)34(4)77/h6-13,16-21,31-33,40-47,49-50,65,76,78H,14-15,22-30H2,1-5H3,(H2,61,79)(H,66,81)(H,67,84)(H,68,85)(H,69,80)(H,71,82)(H,72,83)(H,87,88)(H3,62,63,64)(H2,70,73,89)/t33-,40+,41+,42+,43+,44+,45+,46+,47-,49+,50?/m1/s1. The second kappa shape index (κ2) is 32.4. The summed E-state index contributed by atoms with van der Waals surface area (Å²) >= 11 is 0. The third-order valence-corrected chi connectivity index (χ3v) is 15.3. The summed E-state index contributed by atoms with van der Waals surface area (Å²) in [6.07, 6.45) is -1.91. The molecule has 11 atom stereocenters. The van der Waals surface area contributed by atoms with Crippen molar-refractivity contribution in [3.8, 4) is 0 Å². The third kappa shape index (κ3) is 19.2. The van der Waals surface area contributed by atoms with Gasteiger partial charge in [0.05, 0.1) is 24.7 Å². The number of aromatic amines is 1. The molecule has 17 N–H and O–H groups in total. The van der Waals surface area contributed by atoms with Crippen LogP contribution in [0, 0.1) is 11.3 Å². The number of fused-ring (bicyclic) bond motifs is 1. The molecule has 3 aromatic carbocycles. The maximum atomic E-state index is 14.4. The van der Waals surface area contributed by atoms with Crippen molar-refractivity contribution in [3.63, 3.8) is 0 Å². The van der Waals surface area contributed by atoms with Crippen LogP contribution in [0.4, 0.5) is 4.79 Å². The van der Waals surface area contributed by atoms with Crippen molar-refractivity contribution in [1.29, 1.82) is 5.41 Å². The maximum Gasteiger partial charge on any atom is 0.334 e. The number of hydrogen-bond donors (Lipinski definition) is 16. The van der Waals surface area contributed by atoms with Crippen LogP contribution in [0.2, 0.25) is 0 Å². The Morgan fingerprint density at radius 2 is 1.35 bits per heavy atom. The summed E-state index contributed by atoms with van der Waals surface area (Å²) < 4.78 is 0. The van der Waals surface area contributed by atoms with Crippen LogP contribution in [0.5, 0.6) is 0 Å². The maximum absolute atomic E-state index is 14.4. The summed E-state index contributed by atoms with van der Waals surface area (Å²) in [5.41, 5.74) is 12.3. The number of hydrogen-bond acceptors (Lipinski definition) is 14. The van der Waals surface area contributed by atoms with Crippen molar-refractivity contribution in [2.24, 2.45) is 11.7 Å². The van der Waals surface area contributed by atoms with Gasteiger partial charge in [0, 0.05) is 63.4 Å². The Morgan fingerprint density at radius 1 is 0.719 bits per heavy atom. The van der Waals surface area contributed by atoms with Gasteiger partial charge < -0.3 is 78.4 Å². The van der Waals surface area contributed by atoms with Gasteiger partial charge in [-0.1, -0.05) is 92.7 Å². The molecule has 480 valence electrons. The van der Waals surface area contributed by atoms with Crippen molar-refractivity contribution in [2.45, 2.75) is 152 Å². The number of para-hydroxylation sites is 1. The molecule has 89 heavy (non-hydrogen) atoms. The van der Waals surface area contributed by atoms with Gasteiger partial charge in [0.2, 0.25) is 47.3 Å². The van der Waals surface area contributed by atoms with E-state index in [0.717, 1.165) is 17.8 Å². The number of rotatable bonds is 28. The fraction of sp³-hybridized carbons (Fsp3) is 0.467. The van der Waals surface area contributed by atoms with E-state index in [2.05, 4.69) is 58.4 Å². The Balaban J connectivity index is 1.14. The first-order valence-electron chi connectivity index (χ1n) is 29.4. The van der Waals surface area contributed by atoms with E-state index in [-0.39, 0.29) is 75.8 Å². The van der Waals surface area contributed by atoms with E-state index in [1.807, 2.05) is 12.1 Å². The topological polar surface area (TPSA) is 441 Å².